The molecule has 0 radical (unpaired) electrons. The van der Waals surface area contributed by atoms with E-state index in [4.69, 9.17) is 0 Å². The third-order valence-electron chi connectivity index (χ3n) is 7.53. The number of amides is 2. The van der Waals surface area contributed by atoms with Crippen LogP contribution in [0.1, 0.15) is 24.8 Å². The van der Waals surface area contributed by atoms with Gasteiger partial charge in [0.2, 0.25) is 11.8 Å². The summed E-state index contributed by atoms with van der Waals surface area (Å²) in [7, 11) is 0. The van der Waals surface area contributed by atoms with E-state index >= 15 is 0 Å². The Morgan fingerprint density at radius 1 is 0.818 bits per heavy atom. The van der Waals surface area contributed by atoms with Gasteiger partial charge in [-0.3, -0.25) is 19.4 Å². The Hall–Kier alpha value is -2.70. The molecule has 5 rings (SSSR count). The van der Waals surface area contributed by atoms with Gasteiger partial charge in [0.15, 0.2) is 0 Å². The molecule has 0 bridgehead atoms. The third kappa shape index (κ3) is 5.12. The Morgan fingerprint density at radius 3 is 2.24 bits per heavy atom. The van der Waals surface area contributed by atoms with E-state index in [0.717, 1.165) is 56.3 Å². The molecule has 6 nitrogen and oxygen atoms in total. The van der Waals surface area contributed by atoms with Gasteiger partial charge in [-0.05, 0) is 35.3 Å². The Kier molecular flexibility index (Phi) is 6.74. The second-order valence-corrected chi connectivity index (χ2v) is 9.50. The molecule has 2 heterocycles. The highest BCUT2D eigenvalue weighted by Crippen LogP contribution is 2.25. The van der Waals surface area contributed by atoms with Crippen molar-refractivity contribution in [3.8, 4) is 0 Å². The lowest BCUT2D eigenvalue weighted by atomic mass is 9.91. The van der Waals surface area contributed by atoms with Gasteiger partial charge in [-0.1, -0.05) is 48.9 Å². The van der Waals surface area contributed by atoms with Gasteiger partial charge in [0.1, 0.15) is 0 Å². The summed E-state index contributed by atoms with van der Waals surface area (Å²) in [5.74, 6) is 0.278. The molecule has 2 aromatic carbocycles. The number of carbonyl (C=O) groups is 2. The SMILES string of the molecule is O=C(/C=C/c1cccc2ccccc12)N1CCN(CC(=O)N2CCN(C3CCC3)CC2)CC1. The molecule has 0 unspecified atom stereocenters. The fourth-order valence-corrected chi connectivity index (χ4v) is 5.17. The van der Waals surface area contributed by atoms with E-state index < -0.39 is 0 Å². The first kappa shape index (κ1) is 22.1. The van der Waals surface area contributed by atoms with Crippen LogP contribution in [-0.4, -0.2) is 96.4 Å². The van der Waals surface area contributed by atoms with Gasteiger partial charge in [0.25, 0.3) is 0 Å². The number of carbonyl (C=O) groups excluding carboxylic acids is 2. The largest absolute Gasteiger partial charge is 0.339 e. The van der Waals surface area contributed by atoms with E-state index in [1.807, 2.05) is 40.1 Å². The summed E-state index contributed by atoms with van der Waals surface area (Å²) < 4.78 is 0. The molecule has 0 N–H and O–H groups in total. The van der Waals surface area contributed by atoms with Crippen LogP contribution in [0.4, 0.5) is 0 Å². The molecule has 2 aliphatic heterocycles. The maximum Gasteiger partial charge on any atom is 0.246 e. The minimum Gasteiger partial charge on any atom is -0.339 e. The molecule has 33 heavy (non-hydrogen) atoms. The minimum atomic E-state index is 0.0426. The Balaban J connectivity index is 1.08. The van der Waals surface area contributed by atoms with Gasteiger partial charge in [-0.15, -0.1) is 0 Å². The van der Waals surface area contributed by atoms with Gasteiger partial charge in [-0.25, -0.2) is 0 Å². The minimum absolute atomic E-state index is 0.0426. The average molecular weight is 447 g/mol. The standard InChI is InChI=1S/C27H34N4O2/c32-26(12-11-23-7-3-6-22-5-1-2-10-25(22)23)30-15-13-28(14-16-30)21-27(33)31-19-17-29(18-20-31)24-8-4-9-24/h1-3,5-7,10-12,24H,4,8-9,13-21H2/b12-11+. The number of nitrogens with zero attached hydrogens (tertiary/aromatic N) is 4. The van der Waals surface area contributed by atoms with Crippen molar-refractivity contribution in [3.05, 3.63) is 54.1 Å². The number of fused-ring (bicyclic) bond motifs is 1. The highest BCUT2D eigenvalue weighted by molar-refractivity contribution is 5.96. The number of benzene rings is 2. The number of hydrogen-bond donors (Lipinski definition) is 0. The van der Waals surface area contributed by atoms with Crippen molar-refractivity contribution < 1.29 is 9.59 Å². The molecule has 0 spiro atoms. The highest BCUT2D eigenvalue weighted by Gasteiger charge is 2.30. The monoisotopic (exact) mass is 446 g/mol. The molecule has 1 saturated carbocycles. The lowest BCUT2D eigenvalue weighted by Crippen LogP contribution is -2.56. The van der Waals surface area contributed by atoms with E-state index in [2.05, 4.69) is 28.0 Å². The molecule has 2 aromatic rings. The first-order valence-electron chi connectivity index (χ1n) is 12.4. The highest BCUT2D eigenvalue weighted by atomic mass is 16.2. The molecular formula is C27H34N4O2. The Labute approximate surface area is 196 Å². The molecule has 1 aliphatic carbocycles. The van der Waals surface area contributed by atoms with Crippen molar-refractivity contribution >= 4 is 28.7 Å². The van der Waals surface area contributed by atoms with Gasteiger partial charge in [0.05, 0.1) is 6.54 Å². The average Bonchev–Trinajstić information content (AvgIpc) is 2.82. The van der Waals surface area contributed by atoms with E-state index in [0.29, 0.717) is 19.6 Å². The lowest BCUT2D eigenvalue weighted by Gasteiger charge is -2.43. The van der Waals surface area contributed by atoms with E-state index in [9.17, 15) is 9.59 Å². The van der Waals surface area contributed by atoms with Crippen molar-refractivity contribution in [2.45, 2.75) is 25.3 Å². The molecule has 174 valence electrons. The smallest absolute Gasteiger partial charge is 0.246 e. The Morgan fingerprint density at radius 2 is 1.52 bits per heavy atom. The molecule has 2 amide bonds. The molecule has 3 aliphatic rings. The second-order valence-electron chi connectivity index (χ2n) is 9.50. The van der Waals surface area contributed by atoms with E-state index in [1.54, 1.807) is 6.08 Å². The summed E-state index contributed by atoms with van der Waals surface area (Å²) in [4.78, 5) is 34.2. The molecule has 2 saturated heterocycles. The second kappa shape index (κ2) is 10.1. The van der Waals surface area contributed by atoms with Crippen molar-refractivity contribution in [2.75, 3.05) is 58.9 Å². The molecule has 3 fully saturated rings. The fourth-order valence-electron chi connectivity index (χ4n) is 5.17. The van der Waals surface area contributed by atoms with Gasteiger partial charge >= 0.3 is 0 Å². The van der Waals surface area contributed by atoms with Gasteiger partial charge in [0, 0.05) is 64.5 Å². The third-order valence-corrected chi connectivity index (χ3v) is 7.53. The first-order valence-corrected chi connectivity index (χ1v) is 12.4. The zero-order valence-corrected chi connectivity index (χ0v) is 19.4. The van der Waals surface area contributed by atoms with Crippen molar-refractivity contribution in [2.24, 2.45) is 0 Å². The van der Waals surface area contributed by atoms with E-state index in [-0.39, 0.29) is 11.8 Å². The maximum atomic E-state index is 12.8. The molecule has 6 heteroatoms. The van der Waals surface area contributed by atoms with Crippen LogP contribution < -0.4 is 0 Å². The van der Waals surface area contributed by atoms with Crippen LogP contribution in [0.2, 0.25) is 0 Å². The summed E-state index contributed by atoms with van der Waals surface area (Å²) in [6.07, 6.45) is 7.62. The van der Waals surface area contributed by atoms with Crippen LogP contribution in [0.3, 0.4) is 0 Å². The van der Waals surface area contributed by atoms with Gasteiger partial charge in [-0.2, -0.15) is 0 Å². The van der Waals surface area contributed by atoms with Crippen LogP contribution in [0.5, 0.6) is 0 Å². The fraction of sp³-hybridized carbons (Fsp3) is 0.481. The van der Waals surface area contributed by atoms with Crippen LogP contribution in [0, 0.1) is 0 Å². The Bertz CT molecular complexity index is 1010. The number of rotatable bonds is 5. The zero-order chi connectivity index (χ0) is 22.6. The quantitative estimate of drug-likeness (QED) is 0.663. The number of piperazine rings is 2. The first-order chi connectivity index (χ1) is 16.2. The van der Waals surface area contributed by atoms with Crippen LogP contribution >= 0.6 is 0 Å². The van der Waals surface area contributed by atoms with Crippen LogP contribution in [-0.2, 0) is 9.59 Å². The van der Waals surface area contributed by atoms with Crippen LogP contribution in [0.15, 0.2) is 48.5 Å². The van der Waals surface area contributed by atoms with Gasteiger partial charge < -0.3 is 9.80 Å². The molecular weight excluding hydrogens is 412 g/mol. The number of hydrogen-bond acceptors (Lipinski definition) is 4. The van der Waals surface area contributed by atoms with Crippen LogP contribution in [0.25, 0.3) is 16.8 Å². The summed E-state index contributed by atoms with van der Waals surface area (Å²) in [6.45, 7) is 7.05. The summed E-state index contributed by atoms with van der Waals surface area (Å²) in [5.41, 5.74) is 1.06. The van der Waals surface area contributed by atoms with Crippen molar-refractivity contribution in [3.63, 3.8) is 0 Å². The zero-order valence-electron chi connectivity index (χ0n) is 19.4. The van der Waals surface area contributed by atoms with Crippen molar-refractivity contribution in [1.82, 2.24) is 19.6 Å². The summed E-state index contributed by atoms with van der Waals surface area (Å²) in [6, 6.07) is 15.1. The predicted molar refractivity (Wildman–Crippen MR) is 132 cm³/mol. The normalized spacial score (nSPS) is 21.0. The lowest BCUT2D eigenvalue weighted by molar-refractivity contribution is -0.135. The molecule has 0 atom stereocenters. The summed E-state index contributed by atoms with van der Waals surface area (Å²) in [5, 5.41) is 2.33. The van der Waals surface area contributed by atoms with Crippen molar-refractivity contribution in [1.29, 1.82) is 0 Å². The topological polar surface area (TPSA) is 47.1 Å². The summed E-state index contributed by atoms with van der Waals surface area (Å²) >= 11 is 0. The predicted octanol–water partition coefficient (Wildman–Crippen LogP) is 2.69. The molecule has 0 aromatic heterocycles. The van der Waals surface area contributed by atoms with E-state index in [1.165, 1.54) is 24.6 Å². The maximum absolute atomic E-state index is 12.8.